The van der Waals surface area contributed by atoms with Crippen LogP contribution >= 0.6 is 0 Å². The minimum atomic E-state index is 0.778. The van der Waals surface area contributed by atoms with Crippen LogP contribution in [0.5, 0.6) is 0 Å². The summed E-state index contributed by atoms with van der Waals surface area (Å²) >= 11 is 0. The fourth-order valence-electron chi connectivity index (χ4n) is 2.09. The van der Waals surface area contributed by atoms with Gasteiger partial charge in [-0.1, -0.05) is 6.92 Å². The van der Waals surface area contributed by atoms with Crippen LogP contribution in [0.2, 0.25) is 0 Å². The maximum Gasteiger partial charge on any atom is 0.133 e. The molecule has 2 aromatic heterocycles. The molecule has 2 aromatic rings. The SMILES string of the molecule is CCCn1cc(-c2nc(C)nc(NCC)c2C)cn1. The van der Waals surface area contributed by atoms with Gasteiger partial charge in [-0.05, 0) is 27.2 Å². The van der Waals surface area contributed by atoms with Crippen molar-refractivity contribution >= 4 is 5.82 Å². The van der Waals surface area contributed by atoms with E-state index < -0.39 is 0 Å². The van der Waals surface area contributed by atoms with Crippen LogP contribution < -0.4 is 5.32 Å². The molecular weight excluding hydrogens is 238 g/mol. The van der Waals surface area contributed by atoms with Crippen molar-refractivity contribution < 1.29 is 0 Å². The number of anilines is 1. The molecule has 0 spiro atoms. The van der Waals surface area contributed by atoms with Gasteiger partial charge in [0.2, 0.25) is 0 Å². The Kier molecular flexibility index (Phi) is 4.14. The van der Waals surface area contributed by atoms with Crippen LogP contribution in [0.25, 0.3) is 11.3 Å². The van der Waals surface area contributed by atoms with Crippen molar-refractivity contribution in [1.29, 1.82) is 0 Å². The molecule has 2 heterocycles. The van der Waals surface area contributed by atoms with Gasteiger partial charge in [0.15, 0.2) is 0 Å². The van der Waals surface area contributed by atoms with Crippen molar-refractivity contribution in [2.45, 2.75) is 40.7 Å². The van der Waals surface area contributed by atoms with Gasteiger partial charge in [0, 0.05) is 30.4 Å². The molecule has 2 rings (SSSR count). The molecule has 19 heavy (non-hydrogen) atoms. The first kappa shape index (κ1) is 13.5. The second kappa shape index (κ2) is 5.82. The predicted octanol–water partition coefficient (Wildman–Crippen LogP) is 2.80. The quantitative estimate of drug-likeness (QED) is 0.897. The molecular formula is C14H21N5. The van der Waals surface area contributed by atoms with Crippen LogP contribution in [-0.2, 0) is 6.54 Å². The number of aromatic nitrogens is 4. The highest BCUT2D eigenvalue weighted by Gasteiger charge is 2.12. The molecule has 0 saturated carbocycles. The first-order chi connectivity index (χ1) is 9.15. The van der Waals surface area contributed by atoms with Gasteiger partial charge in [0.25, 0.3) is 0 Å². The van der Waals surface area contributed by atoms with Crippen molar-refractivity contribution in [3.8, 4) is 11.3 Å². The van der Waals surface area contributed by atoms with E-state index in [0.29, 0.717) is 0 Å². The van der Waals surface area contributed by atoms with Gasteiger partial charge in [-0.15, -0.1) is 0 Å². The van der Waals surface area contributed by atoms with Gasteiger partial charge in [-0.2, -0.15) is 5.10 Å². The molecule has 0 bridgehead atoms. The Morgan fingerprint density at radius 3 is 2.68 bits per heavy atom. The molecule has 0 atom stereocenters. The Balaban J connectivity index is 2.42. The number of aryl methyl sites for hydroxylation is 2. The second-order valence-corrected chi connectivity index (χ2v) is 4.62. The van der Waals surface area contributed by atoms with Crippen LogP contribution in [0.15, 0.2) is 12.4 Å². The van der Waals surface area contributed by atoms with Crippen molar-refractivity contribution in [1.82, 2.24) is 19.7 Å². The van der Waals surface area contributed by atoms with Gasteiger partial charge in [0.05, 0.1) is 11.9 Å². The normalized spacial score (nSPS) is 10.7. The van der Waals surface area contributed by atoms with Crippen molar-refractivity contribution in [3.05, 3.63) is 23.8 Å². The fourth-order valence-corrected chi connectivity index (χ4v) is 2.09. The minimum absolute atomic E-state index is 0.778. The lowest BCUT2D eigenvalue weighted by Crippen LogP contribution is -2.06. The van der Waals surface area contributed by atoms with Crippen molar-refractivity contribution in [3.63, 3.8) is 0 Å². The lowest BCUT2D eigenvalue weighted by atomic mass is 10.1. The smallest absolute Gasteiger partial charge is 0.133 e. The molecule has 102 valence electrons. The summed E-state index contributed by atoms with van der Waals surface area (Å²) < 4.78 is 1.96. The maximum absolute atomic E-state index is 4.55. The Bertz CT molecular complexity index is 559. The predicted molar refractivity (Wildman–Crippen MR) is 77.2 cm³/mol. The number of nitrogens with one attached hydrogen (secondary N) is 1. The average Bonchev–Trinajstić information content (AvgIpc) is 2.82. The monoisotopic (exact) mass is 259 g/mol. The van der Waals surface area contributed by atoms with Crippen LogP contribution in [-0.4, -0.2) is 26.3 Å². The van der Waals surface area contributed by atoms with Crippen LogP contribution in [0, 0.1) is 13.8 Å². The molecule has 0 aliphatic heterocycles. The molecule has 0 aliphatic rings. The van der Waals surface area contributed by atoms with E-state index in [9.17, 15) is 0 Å². The molecule has 0 radical (unpaired) electrons. The van der Waals surface area contributed by atoms with E-state index in [1.54, 1.807) is 0 Å². The van der Waals surface area contributed by atoms with E-state index in [0.717, 1.165) is 48.0 Å². The van der Waals surface area contributed by atoms with Crippen molar-refractivity contribution in [2.75, 3.05) is 11.9 Å². The molecule has 0 amide bonds. The summed E-state index contributed by atoms with van der Waals surface area (Å²) in [6.07, 6.45) is 5.00. The second-order valence-electron chi connectivity index (χ2n) is 4.62. The van der Waals surface area contributed by atoms with E-state index in [1.807, 2.05) is 30.9 Å². The summed E-state index contributed by atoms with van der Waals surface area (Å²) in [6, 6.07) is 0. The Labute approximate surface area is 114 Å². The molecule has 0 saturated heterocycles. The summed E-state index contributed by atoms with van der Waals surface area (Å²) in [4.78, 5) is 9.00. The van der Waals surface area contributed by atoms with Gasteiger partial charge in [-0.25, -0.2) is 9.97 Å². The van der Waals surface area contributed by atoms with E-state index >= 15 is 0 Å². The Morgan fingerprint density at radius 1 is 1.21 bits per heavy atom. The Morgan fingerprint density at radius 2 is 2.00 bits per heavy atom. The molecule has 5 heteroatoms. The zero-order valence-electron chi connectivity index (χ0n) is 12.1. The van der Waals surface area contributed by atoms with Crippen molar-refractivity contribution in [2.24, 2.45) is 0 Å². The highest BCUT2D eigenvalue weighted by atomic mass is 15.3. The first-order valence-corrected chi connectivity index (χ1v) is 6.77. The first-order valence-electron chi connectivity index (χ1n) is 6.77. The van der Waals surface area contributed by atoms with E-state index in [-0.39, 0.29) is 0 Å². The number of nitrogens with zero attached hydrogens (tertiary/aromatic N) is 4. The third kappa shape index (κ3) is 2.92. The molecule has 5 nitrogen and oxygen atoms in total. The minimum Gasteiger partial charge on any atom is -0.370 e. The number of hydrogen-bond donors (Lipinski definition) is 1. The van der Waals surface area contributed by atoms with Crippen LogP contribution in [0.4, 0.5) is 5.82 Å². The highest BCUT2D eigenvalue weighted by Crippen LogP contribution is 2.25. The molecule has 0 aliphatic carbocycles. The summed E-state index contributed by atoms with van der Waals surface area (Å²) in [7, 11) is 0. The third-order valence-corrected chi connectivity index (χ3v) is 2.96. The largest absolute Gasteiger partial charge is 0.370 e. The molecule has 0 aromatic carbocycles. The zero-order valence-corrected chi connectivity index (χ0v) is 12.1. The summed E-state index contributed by atoms with van der Waals surface area (Å²) in [5.74, 6) is 1.69. The lowest BCUT2D eigenvalue weighted by Gasteiger charge is -2.10. The van der Waals surface area contributed by atoms with Crippen LogP contribution in [0.3, 0.4) is 0 Å². The topological polar surface area (TPSA) is 55.6 Å². The zero-order chi connectivity index (χ0) is 13.8. The van der Waals surface area contributed by atoms with Crippen LogP contribution in [0.1, 0.15) is 31.7 Å². The third-order valence-electron chi connectivity index (χ3n) is 2.96. The fraction of sp³-hybridized carbons (Fsp3) is 0.500. The maximum atomic E-state index is 4.55. The summed E-state index contributed by atoms with van der Waals surface area (Å²) in [5, 5.41) is 7.65. The van der Waals surface area contributed by atoms with Gasteiger partial charge in [-0.3, -0.25) is 4.68 Å². The number of hydrogen-bond acceptors (Lipinski definition) is 4. The van der Waals surface area contributed by atoms with Gasteiger partial charge < -0.3 is 5.32 Å². The summed E-state index contributed by atoms with van der Waals surface area (Å²) in [5.41, 5.74) is 3.09. The molecule has 0 unspecified atom stereocenters. The number of rotatable bonds is 5. The lowest BCUT2D eigenvalue weighted by molar-refractivity contribution is 0.603. The van der Waals surface area contributed by atoms with E-state index in [1.165, 1.54) is 0 Å². The van der Waals surface area contributed by atoms with E-state index in [2.05, 4.69) is 34.2 Å². The van der Waals surface area contributed by atoms with Gasteiger partial charge in [0.1, 0.15) is 11.6 Å². The van der Waals surface area contributed by atoms with E-state index in [4.69, 9.17) is 0 Å². The summed E-state index contributed by atoms with van der Waals surface area (Å²) in [6.45, 7) is 9.96. The Hall–Kier alpha value is -1.91. The average molecular weight is 259 g/mol. The standard InChI is InChI=1S/C14H21N5/c1-5-7-19-9-12(8-16-19)13-10(3)14(15-6-2)18-11(4)17-13/h8-9H,5-7H2,1-4H3,(H,15,17,18). The molecule has 0 fully saturated rings. The van der Waals surface area contributed by atoms with Gasteiger partial charge >= 0.3 is 0 Å². The highest BCUT2D eigenvalue weighted by molar-refractivity contribution is 5.67. The molecule has 1 N–H and O–H groups in total.